The van der Waals surface area contributed by atoms with Crippen LogP contribution in [0.1, 0.15) is 18.7 Å². The summed E-state index contributed by atoms with van der Waals surface area (Å²) in [6, 6.07) is 10.5. The highest BCUT2D eigenvalue weighted by Gasteiger charge is 2.20. The van der Waals surface area contributed by atoms with Crippen LogP contribution in [-0.2, 0) is 0 Å². The van der Waals surface area contributed by atoms with Gasteiger partial charge in [0, 0.05) is 37.2 Å². The standard InChI is InChI=1S/C15H19N3OS/c1-12(19)14-11-20-15(16-14)18-9-7-17(8-10-18)13-5-3-2-4-6-13/h2-6,11-12,19H,7-10H2,1H3. The first-order valence-electron chi connectivity index (χ1n) is 6.92. The van der Waals surface area contributed by atoms with Gasteiger partial charge >= 0.3 is 0 Å². The van der Waals surface area contributed by atoms with Crippen LogP contribution in [0.4, 0.5) is 10.8 Å². The Bertz CT molecular complexity index is 547. The molecule has 0 amide bonds. The maximum atomic E-state index is 9.54. The van der Waals surface area contributed by atoms with Crippen molar-refractivity contribution in [1.82, 2.24) is 4.98 Å². The molecule has 2 aromatic rings. The van der Waals surface area contributed by atoms with Gasteiger partial charge < -0.3 is 14.9 Å². The first kappa shape index (κ1) is 13.4. The normalized spacial score (nSPS) is 17.3. The van der Waals surface area contributed by atoms with Crippen molar-refractivity contribution in [3.63, 3.8) is 0 Å². The van der Waals surface area contributed by atoms with Gasteiger partial charge in [-0.2, -0.15) is 0 Å². The van der Waals surface area contributed by atoms with Gasteiger partial charge in [-0.15, -0.1) is 11.3 Å². The molecule has 0 aliphatic carbocycles. The molecule has 5 heteroatoms. The average molecular weight is 289 g/mol. The predicted octanol–water partition coefficient (Wildman–Crippen LogP) is 2.52. The van der Waals surface area contributed by atoms with Crippen molar-refractivity contribution < 1.29 is 5.11 Å². The monoisotopic (exact) mass is 289 g/mol. The molecule has 1 saturated heterocycles. The number of aliphatic hydroxyl groups is 1. The van der Waals surface area contributed by atoms with Crippen LogP contribution in [0.15, 0.2) is 35.7 Å². The van der Waals surface area contributed by atoms with E-state index in [-0.39, 0.29) is 0 Å². The number of aliphatic hydroxyl groups excluding tert-OH is 1. The van der Waals surface area contributed by atoms with Gasteiger partial charge in [-0.3, -0.25) is 0 Å². The van der Waals surface area contributed by atoms with E-state index in [9.17, 15) is 5.11 Å². The number of thiazole rings is 1. The third-order valence-electron chi connectivity index (χ3n) is 3.61. The van der Waals surface area contributed by atoms with E-state index in [1.165, 1.54) is 5.69 Å². The molecule has 1 atom stereocenters. The van der Waals surface area contributed by atoms with Crippen molar-refractivity contribution in [1.29, 1.82) is 0 Å². The predicted molar refractivity (Wildman–Crippen MR) is 83.6 cm³/mol. The largest absolute Gasteiger partial charge is 0.387 e. The summed E-state index contributed by atoms with van der Waals surface area (Å²) in [5.74, 6) is 0. The molecule has 2 heterocycles. The number of piperazine rings is 1. The molecule has 0 radical (unpaired) electrons. The van der Waals surface area contributed by atoms with E-state index in [0.717, 1.165) is 37.0 Å². The molecule has 1 unspecified atom stereocenters. The Kier molecular flexibility index (Phi) is 3.89. The van der Waals surface area contributed by atoms with Crippen LogP contribution < -0.4 is 9.80 Å². The van der Waals surface area contributed by atoms with Crippen molar-refractivity contribution >= 4 is 22.2 Å². The van der Waals surface area contributed by atoms with E-state index in [1.807, 2.05) is 11.4 Å². The number of benzene rings is 1. The Morgan fingerprint density at radius 3 is 2.35 bits per heavy atom. The number of anilines is 2. The zero-order valence-electron chi connectivity index (χ0n) is 11.6. The summed E-state index contributed by atoms with van der Waals surface area (Å²) in [5.41, 5.74) is 2.06. The van der Waals surface area contributed by atoms with Gasteiger partial charge in [0.05, 0.1) is 11.8 Å². The number of para-hydroxylation sites is 1. The molecule has 4 nitrogen and oxygen atoms in total. The second kappa shape index (κ2) is 5.81. The van der Waals surface area contributed by atoms with Gasteiger partial charge in [0.25, 0.3) is 0 Å². The van der Waals surface area contributed by atoms with Gasteiger partial charge in [-0.05, 0) is 19.1 Å². The lowest BCUT2D eigenvalue weighted by Gasteiger charge is -2.36. The summed E-state index contributed by atoms with van der Waals surface area (Å²) in [6.45, 7) is 5.72. The van der Waals surface area contributed by atoms with Crippen molar-refractivity contribution in [3.05, 3.63) is 41.4 Å². The summed E-state index contributed by atoms with van der Waals surface area (Å²) >= 11 is 1.62. The number of aromatic nitrogens is 1. The van der Waals surface area contributed by atoms with E-state index in [1.54, 1.807) is 18.3 Å². The average Bonchev–Trinajstić information content (AvgIpc) is 2.98. The molecule has 106 valence electrons. The molecule has 1 aliphatic heterocycles. The van der Waals surface area contributed by atoms with Crippen LogP contribution in [-0.4, -0.2) is 36.3 Å². The fourth-order valence-electron chi connectivity index (χ4n) is 2.41. The lowest BCUT2D eigenvalue weighted by atomic mass is 10.2. The van der Waals surface area contributed by atoms with Crippen molar-refractivity contribution in [2.45, 2.75) is 13.0 Å². The summed E-state index contributed by atoms with van der Waals surface area (Å²) in [7, 11) is 0. The first-order valence-corrected chi connectivity index (χ1v) is 7.80. The zero-order valence-corrected chi connectivity index (χ0v) is 12.4. The van der Waals surface area contributed by atoms with E-state index in [2.05, 4.69) is 39.0 Å². The van der Waals surface area contributed by atoms with E-state index >= 15 is 0 Å². The molecule has 1 fully saturated rings. The van der Waals surface area contributed by atoms with Gasteiger partial charge in [-0.1, -0.05) is 18.2 Å². The van der Waals surface area contributed by atoms with Gasteiger partial charge in [-0.25, -0.2) is 4.98 Å². The Balaban J connectivity index is 1.63. The van der Waals surface area contributed by atoms with Crippen LogP contribution in [0.25, 0.3) is 0 Å². The summed E-state index contributed by atoms with van der Waals surface area (Å²) < 4.78 is 0. The van der Waals surface area contributed by atoms with Gasteiger partial charge in [0.2, 0.25) is 0 Å². The van der Waals surface area contributed by atoms with E-state index in [0.29, 0.717) is 0 Å². The molecule has 1 aromatic heterocycles. The molecule has 20 heavy (non-hydrogen) atoms. The zero-order chi connectivity index (χ0) is 13.9. The minimum atomic E-state index is -0.481. The van der Waals surface area contributed by atoms with Crippen molar-refractivity contribution in [2.24, 2.45) is 0 Å². The quantitative estimate of drug-likeness (QED) is 0.942. The lowest BCUT2D eigenvalue weighted by molar-refractivity contribution is 0.195. The SMILES string of the molecule is CC(O)c1csc(N2CCN(c3ccccc3)CC2)n1. The Hall–Kier alpha value is -1.59. The maximum absolute atomic E-state index is 9.54. The van der Waals surface area contributed by atoms with Crippen LogP contribution in [0.3, 0.4) is 0 Å². The highest BCUT2D eigenvalue weighted by molar-refractivity contribution is 7.13. The fourth-order valence-corrected chi connectivity index (χ4v) is 3.37. The highest BCUT2D eigenvalue weighted by atomic mass is 32.1. The minimum absolute atomic E-state index is 0.481. The molecule has 0 spiro atoms. The van der Waals surface area contributed by atoms with Crippen molar-refractivity contribution in [3.8, 4) is 0 Å². The van der Waals surface area contributed by atoms with E-state index in [4.69, 9.17) is 0 Å². The van der Waals surface area contributed by atoms with Gasteiger partial charge in [0.1, 0.15) is 0 Å². The summed E-state index contributed by atoms with van der Waals surface area (Å²) in [6.07, 6.45) is -0.481. The van der Waals surface area contributed by atoms with Crippen molar-refractivity contribution in [2.75, 3.05) is 36.0 Å². The fraction of sp³-hybridized carbons (Fsp3) is 0.400. The number of hydrogen-bond acceptors (Lipinski definition) is 5. The topological polar surface area (TPSA) is 39.6 Å². The molecular weight excluding hydrogens is 270 g/mol. The molecular formula is C15H19N3OS. The smallest absolute Gasteiger partial charge is 0.185 e. The molecule has 1 aromatic carbocycles. The third kappa shape index (κ3) is 2.78. The van der Waals surface area contributed by atoms with Crippen LogP contribution in [0.2, 0.25) is 0 Å². The molecule has 1 aliphatic rings. The van der Waals surface area contributed by atoms with Gasteiger partial charge in [0.15, 0.2) is 5.13 Å². The second-order valence-corrected chi connectivity index (χ2v) is 5.88. The Morgan fingerprint density at radius 1 is 1.10 bits per heavy atom. The maximum Gasteiger partial charge on any atom is 0.185 e. The summed E-state index contributed by atoms with van der Waals surface area (Å²) in [5, 5.41) is 12.5. The molecule has 0 saturated carbocycles. The van der Waals surface area contributed by atoms with E-state index < -0.39 is 6.10 Å². The first-order chi connectivity index (χ1) is 9.74. The Labute approximate surface area is 123 Å². The third-order valence-corrected chi connectivity index (χ3v) is 4.53. The second-order valence-electron chi connectivity index (χ2n) is 5.04. The van der Waals surface area contributed by atoms with Crippen LogP contribution in [0, 0.1) is 0 Å². The number of nitrogens with zero attached hydrogens (tertiary/aromatic N) is 3. The Morgan fingerprint density at radius 2 is 1.75 bits per heavy atom. The number of rotatable bonds is 3. The van der Waals surface area contributed by atoms with Crippen LogP contribution in [0.5, 0.6) is 0 Å². The molecule has 1 N–H and O–H groups in total. The van der Waals surface area contributed by atoms with Crippen LogP contribution >= 0.6 is 11.3 Å². The number of hydrogen-bond donors (Lipinski definition) is 1. The molecule has 3 rings (SSSR count). The summed E-state index contributed by atoms with van der Waals surface area (Å²) in [4.78, 5) is 9.21. The molecule has 0 bridgehead atoms. The highest BCUT2D eigenvalue weighted by Crippen LogP contribution is 2.26. The minimum Gasteiger partial charge on any atom is -0.387 e. The lowest BCUT2D eigenvalue weighted by Crippen LogP contribution is -2.46.